The molecular formula is C23H35ClN4O4. The van der Waals surface area contributed by atoms with Crippen LogP contribution >= 0.6 is 11.6 Å². The molecule has 1 saturated carbocycles. The fourth-order valence-electron chi connectivity index (χ4n) is 3.66. The third kappa shape index (κ3) is 8.94. The first-order valence-electron chi connectivity index (χ1n) is 11.5. The lowest BCUT2D eigenvalue weighted by molar-refractivity contribution is -0.133. The number of amides is 4. The summed E-state index contributed by atoms with van der Waals surface area (Å²) in [6, 6.07) is 4.99. The Morgan fingerprint density at radius 3 is 2.50 bits per heavy atom. The molecule has 1 aliphatic carbocycles. The first-order valence-corrected chi connectivity index (χ1v) is 11.8. The Labute approximate surface area is 195 Å². The minimum absolute atomic E-state index is 0.0889. The molecule has 8 nitrogen and oxygen atoms in total. The minimum Gasteiger partial charge on any atom is -0.482 e. The molecule has 32 heavy (non-hydrogen) atoms. The second-order valence-corrected chi connectivity index (χ2v) is 8.29. The Hall–Kier alpha value is -2.48. The highest BCUT2D eigenvalue weighted by atomic mass is 35.5. The van der Waals surface area contributed by atoms with Crippen molar-refractivity contribution in [2.75, 3.05) is 31.6 Å². The maximum atomic E-state index is 12.2. The van der Waals surface area contributed by atoms with Crippen molar-refractivity contribution in [3.63, 3.8) is 0 Å². The van der Waals surface area contributed by atoms with E-state index < -0.39 is 0 Å². The van der Waals surface area contributed by atoms with E-state index >= 15 is 0 Å². The van der Waals surface area contributed by atoms with Gasteiger partial charge >= 0.3 is 6.03 Å². The molecule has 0 aliphatic heterocycles. The van der Waals surface area contributed by atoms with Crippen molar-refractivity contribution in [1.29, 1.82) is 0 Å². The number of nitrogens with one attached hydrogen (secondary N) is 3. The number of ether oxygens (including phenoxy) is 1. The second kappa shape index (κ2) is 13.8. The van der Waals surface area contributed by atoms with E-state index in [1.54, 1.807) is 23.1 Å². The quantitative estimate of drug-likeness (QED) is 0.430. The number of rotatable bonds is 11. The first kappa shape index (κ1) is 25.8. The Kier molecular flexibility index (Phi) is 11.1. The number of nitrogens with zero attached hydrogens (tertiary/aromatic N) is 1. The summed E-state index contributed by atoms with van der Waals surface area (Å²) < 4.78 is 5.52. The summed E-state index contributed by atoms with van der Waals surface area (Å²) in [6.07, 6.45) is 6.45. The van der Waals surface area contributed by atoms with Crippen molar-refractivity contribution in [2.45, 2.75) is 64.8 Å². The maximum absolute atomic E-state index is 12.2. The molecule has 1 aromatic rings. The highest BCUT2D eigenvalue weighted by Crippen LogP contribution is 2.28. The lowest BCUT2D eigenvalue weighted by Gasteiger charge is -2.22. The predicted octanol–water partition coefficient (Wildman–Crippen LogP) is 3.94. The number of hydrogen-bond acceptors (Lipinski definition) is 4. The van der Waals surface area contributed by atoms with Gasteiger partial charge in [0.15, 0.2) is 6.61 Å². The van der Waals surface area contributed by atoms with Crippen LogP contribution in [0.5, 0.6) is 5.75 Å². The molecule has 0 heterocycles. The molecule has 1 aliphatic rings. The fraction of sp³-hybridized carbons (Fsp3) is 0.609. The molecule has 0 atom stereocenters. The molecule has 2 rings (SSSR count). The van der Waals surface area contributed by atoms with Crippen molar-refractivity contribution in [2.24, 2.45) is 0 Å². The number of urea groups is 1. The zero-order valence-electron chi connectivity index (χ0n) is 19.0. The van der Waals surface area contributed by atoms with Crippen molar-refractivity contribution in [3.05, 3.63) is 23.2 Å². The van der Waals surface area contributed by atoms with E-state index in [2.05, 4.69) is 16.0 Å². The van der Waals surface area contributed by atoms with Crippen molar-refractivity contribution in [3.8, 4) is 5.75 Å². The number of anilines is 1. The van der Waals surface area contributed by atoms with Gasteiger partial charge in [0.2, 0.25) is 5.91 Å². The molecule has 4 amide bonds. The monoisotopic (exact) mass is 466 g/mol. The number of likely N-dealkylation sites (N-methyl/N-ethyl adjacent to an activating group) is 1. The van der Waals surface area contributed by atoms with Gasteiger partial charge in [0, 0.05) is 37.8 Å². The summed E-state index contributed by atoms with van der Waals surface area (Å²) >= 11 is 6.23. The third-order valence-corrected chi connectivity index (χ3v) is 5.78. The van der Waals surface area contributed by atoms with E-state index in [1.807, 2.05) is 13.8 Å². The number of hydrogen-bond donors (Lipinski definition) is 3. The molecule has 0 radical (unpaired) electrons. The highest BCUT2D eigenvalue weighted by Gasteiger charge is 2.15. The Morgan fingerprint density at radius 2 is 1.84 bits per heavy atom. The van der Waals surface area contributed by atoms with Gasteiger partial charge in [-0.2, -0.15) is 0 Å². The lowest BCUT2D eigenvalue weighted by atomic mass is 9.96. The molecule has 3 N–H and O–H groups in total. The van der Waals surface area contributed by atoms with Crippen LogP contribution in [-0.2, 0) is 9.59 Å². The predicted molar refractivity (Wildman–Crippen MR) is 126 cm³/mol. The maximum Gasteiger partial charge on any atom is 0.315 e. The van der Waals surface area contributed by atoms with Crippen LogP contribution in [0.15, 0.2) is 18.2 Å². The first-order chi connectivity index (χ1) is 15.4. The second-order valence-electron chi connectivity index (χ2n) is 7.89. The summed E-state index contributed by atoms with van der Waals surface area (Å²) in [5.41, 5.74) is 0.547. The summed E-state index contributed by atoms with van der Waals surface area (Å²) in [4.78, 5) is 37.8. The molecule has 9 heteroatoms. The van der Waals surface area contributed by atoms with E-state index in [1.165, 1.54) is 6.42 Å². The number of carbonyl (C=O) groups excluding carboxylic acids is 3. The molecule has 178 valence electrons. The normalized spacial score (nSPS) is 13.8. The van der Waals surface area contributed by atoms with Gasteiger partial charge in [-0.3, -0.25) is 9.59 Å². The fourth-order valence-corrected chi connectivity index (χ4v) is 3.90. The van der Waals surface area contributed by atoms with Crippen LogP contribution in [0, 0.1) is 0 Å². The van der Waals surface area contributed by atoms with Crippen LogP contribution in [0.1, 0.15) is 58.8 Å². The SMILES string of the molecule is CCN(CC)C(=O)COc1ccc(NC(=O)CCCNC(=O)NC2CCCCC2)cc1Cl. The molecule has 0 saturated heterocycles. The van der Waals surface area contributed by atoms with E-state index in [-0.39, 0.29) is 36.9 Å². The van der Waals surface area contributed by atoms with Crippen molar-refractivity contribution < 1.29 is 19.1 Å². The number of carbonyl (C=O) groups is 3. The molecular weight excluding hydrogens is 432 g/mol. The van der Waals surface area contributed by atoms with Crippen molar-refractivity contribution in [1.82, 2.24) is 15.5 Å². The summed E-state index contributed by atoms with van der Waals surface area (Å²) in [5, 5.41) is 8.89. The largest absolute Gasteiger partial charge is 0.482 e. The highest BCUT2D eigenvalue weighted by molar-refractivity contribution is 6.32. The van der Waals surface area contributed by atoms with Crippen LogP contribution in [0.4, 0.5) is 10.5 Å². The Morgan fingerprint density at radius 1 is 1.12 bits per heavy atom. The van der Waals surface area contributed by atoms with Crippen molar-refractivity contribution >= 4 is 35.1 Å². The van der Waals surface area contributed by atoms with Gasteiger partial charge in [-0.05, 0) is 51.3 Å². The van der Waals surface area contributed by atoms with Gasteiger partial charge < -0.3 is 25.6 Å². The van der Waals surface area contributed by atoms with Crippen LogP contribution in [0.25, 0.3) is 0 Å². The lowest BCUT2D eigenvalue weighted by Crippen LogP contribution is -2.43. The van der Waals surface area contributed by atoms with Gasteiger partial charge in [0.05, 0.1) is 5.02 Å². The Balaban J connectivity index is 1.67. The summed E-state index contributed by atoms with van der Waals surface area (Å²) in [6.45, 7) is 5.41. The van der Waals surface area contributed by atoms with E-state index in [0.717, 1.165) is 25.7 Å². The average molecular weight is 467 g/mol. The topological polar surface area (TPSA) is 99.8 Å². The molecule has 0 bridgehead atoms. The van der Waals surface area contributed by atoms with Gasteiger partial charge in [-0.25, -0.2) is 4.79 Å². The van der Waals surface area contributed by atoms with Gasteiger partial charge in [-0.1, -0.05) is 30.9 Å². The third-order valence-electron chi connectivity index (χ3n) is 5.49. The zero-order chi connectivity index (χ0) is 23.3. The van der Waals surface area contributed by atoms with Crippen LogP contribution in [0.3, 0.4) is 0 Å². The van der Waals surface area contributed by atoms with E-state index in [9.17, 15) is 14.4 Å². The smallest absolute Gasteiger partial charge is 0.315 e. The van der Waals surface area contributed by atoms with Gasteiger partial charge in [0.1, 0.15) is 5.75 Å². The molecule has 0 aromatic heterocycles. The van der Waals surface area contributed by atoms with E-state index in [4.69, 9.17) is 16.3 Å². The summed E-state index contributed by atoms with van der Waals surface area (Å²) in [7, 11) is 0. The minimum atomic E-state index is -0.167. The molecule has 0 unspecified atom stereocenters. The number of halogens is 1. The van der Waals surface area contributed by atoms with E-state index in [0.29, 0.717) is 42.5 Å². The molecule has 0 spiro atoms. The van der Waals surface area contributed by atoms with Gasteiger partial charge in [-0.15, -0.1) is 0 Å². The summed E-state index contributed by atoms with van der Waals surface area (Å²) in [5.74, 6) is 0.115. The Bertz CT molecular complexity index is 764. The van der Waals surface area contributed by atoms with Crippen LogP contribution in [0.2, 0.25) is 5.02 Å². The standard InChI is InChI=1S/C23H35ClN4O4/c1-3-28(4-2)22(30)16-32-20-13-12-18(15-19(20)24)26-21(29)11-8-14-25-23(31)27-17-9-6-5-7-10-17/h12-13,15,17H,3-11,14,16H2,1-2H3,(H,26,29)(H2,25,27,31). The molecule has 1 aromatic carbocycles. The average Bonchev–Trinajstić information content (AvgIpc) is 2.77. The van der Waals surface area contributed by atoms with Crippen LogP contribution < -0.4 is 20.7 Å². The van der Waals surface area contributed by atoms with Crippen LogP contribution in [-0.4, -0.2) is 55.0 Å². The van der Waals surface area contributed by atoms with Gasteiger partial charge in [0.25, 0.3) is 5.91 Å². The number of benzene rings is 1. The molecule has 1 fully saturated rings. The zero-order valence-corrected chi connectivity index (χ0v) is 19.8.